The van der Waals surface area contributed by atoms with E-state index in [4.69, 9.17) is 0 Å². The Hall–Kier alpha value is -3.98. The molecule has 0 fully saturated rings. The zero-order chi connectivity index (χ0) is 23.3. The Bertz CT molecular complexity index is 1210. The quantitative estimate of drug-likeness (QED) is 0.542. The number of benzene rings is 2. The maximum absolute atomic E-state index is 12.8. The highest BCUT2D eigenvalue weighted by Gasteiger charge is 2.15. The Balaban J connectivity index is 1.79. The first kappa shape index (κ1) is 22.7. The van der Waals surface area contributed by atoms with E-state index in [1.165, 1.54) is 0 Å². The summed E-state index contributed by atoms with van der Waals surface area (Å²) in [4.78, 5) is 29.9. The highest BCUT2D eigenvalue weighted by atomic mass is 16.2. The van der Waals surface area contributed by atoms with Crippen molar-refractivity contribution in [2.75, 3.05) is 10.6 Å². The van der Waals surface area contributed by atoms with Gasteiger partial charge in [-0.3, -0.25) is 14.6 Å². The third-order valence-corrected chi connectivity index (χ3v) is 5.45. The molecule has 1 atom stereocenters. The van der Waals surface area contributed by atoms with Crippen LogP contribution in [0.5, 0.6) is 0 Å². The standard InChI is InChI=1S/C26H26N4O2/c1-5-19(14-27)20-7-6-8-21(12-20)25(31)29-22-10-9-16(2)24(13-22)26(32)30-23-11-17(3)18(4)28-15-23/h6-13,15,19H,5H2,1-4H3,(H,29,31)(H,30,32). The average molecular weight is 427 g/mol. The van der Waals surface area contributed by atoms with E-state index in [1.54, 1.807) is 42.6 Å². The number of hydrogen-bond donors (Lipinski definition) is 2. The normalized spacial score (nSPS) is 11.3. The molecule has 0 radical (unpaired) electrons. The molecule has 2 N–H and O–H groups in total. The van der Waals surface area contributed by atoms with Gasteiger partial charge in [-0.1, -0.05) is 25.1 Å². The number of aryl methyl sites for hydroxylation is 3. The average Bonchev–Trinajstić information content (AvgIpc) is 2.78. The number of nitrogens with one attached hydrogen (secondary N) is 2. The topological polar surface area (TPSA) is 94.9 Å². The fraction of sp³-hybridized carbons (Fsp3) is 0.231. The molecule has 3 aromatic rings. The molecule has 32 heavy (non-hydrogen) atoms. The Morgan fingerprint density at radius 1 is 0.969 bits per heavy atom. The number of carbonyl (C=O) groups excluding carboxylic acids is 2. The van der Waals surface area contributed by atoms with Gasteiger partial charge in [0, 0.05) is 22.5 Å². The lowest BCUT2D eigenvalue weighted by atomic mass is 9.96. The van der Waals surface area contributed by atoms with E-state index < -0.39 is 0 Å². The van der Waals surface area contributed by atoms with Crippen LogP contribution in [0.2, 0.25) is 0 Å². The molecular weight excluding hydrogens is 400 g/mol. The van der Waals surface area contributed by atoms with Crippen LogP contribution < -0.4 is 10.6 Å². The minimum atomic E-state index is -0.298. The number of hydrogen-bond acceptors (Lipinski definition) is 4. The lowest BCUT2D eigenvalue weighted by molar-refractivity contribution is 0.101. The fourth-order valence-corrected chi connectivity index (χ4v) is 3.36. The predicted octanol–water partition coefficient (Wildman–Crippen LogP) is 5.53. The summed E-state index contributed by atoms with van der Waals surface area (Å²) < 4.78 is 0. The van der Waals surface area contributed by atoms with E-state index in [1.807, 2.05) is 39.8 Å². The van der Waals surface area contributed by atoms with Crippen LogP contribution in [0.15, 0.2) is 54.7 Å². The summed E-state index contributed by atoms with van der Waals surface area (Å²) in [7, 11) is 0. The van der Waals surface area contributed by atoms with Crippen molar-refractivity contribution < 1.29 is 9.59 Å². The second-order valence-electron chi connectivity index (χ2n) is 7.78. The van der Waals surface area contributed by atoms with Gasteiger partial charge in [-0.2, -0.15) is 5.26 Å². The molecule has 3 rings (SSSR count). The Morgan fingerprint density at radius 2 is 1.72 bits per heavy atom. The Labute approximate surface area is 188 Å². The molecule has 0 aliphatic rings. The number of pyridine rings is 1. The first-order valence-electron chi connectivity index (χ1n) is 10.5. The van der Waals surface area contributed by atoms with Crippen molar-refractivity contribution in [1.82, 2.24) is 4.98 Å². The maximum Gasteiger partial charge on any atom is 0.256 e. The summed E-state index contributed by atoms with van der Waals surface area (Å²) >= 11 is 0. The van der Waals surface area contributed by atoms with E-state index in [2.05, 4.69) is 21.7 Å². The molecule has 0 saturated carbocycles. The van der Waals surface area contributed by atoms with Crippen LogP contribution in [-0.4, -0.2) is 16.8 Å². The van der Waals surface area contributed by atoms with Crippen LogP contribution in [0.25, 0.3) is 0 Å². The van der Waals surface area contributed by atoms with Crippen molar-refractivity contribution >= 4 is 23.2 Å². The van der Waals surface area contributed by atoms with Crippen LogP contribution in [0.3, 0.4) is 0 Å². The Morgan fingerprint density at radius 3 is 2.41 bits per heavy atom. The van der Waals surface area contributed by atoms with E-state index >= 15 is 0 Å². The first-order valence-corrected chi connectivity index (χ1v) is 10.5. The number of amides is 2. The monoisotopic (exact) mass is 426 g/mol. The lowest BCUT2D eigenvalue weighted by Gasteiger charge is -2.12. The van der Waals surface area contributed by atoms with Crippen molar-refractivity contribution in [3.05, 3.63) is 88.2 Å². The van der Waals surface area contributed by atoms with Crippen LogP contribution >= 0.6 is 0 Å². The summed E-state index contributed by atoms with van der Waals surface area (Å²) in [6.07, 6.45) is 2.30. The van der Waals surface area contributed by atoms with E-state index in [0.717, 1.165) is 22.4 Å². The molecule has 2 aromatic carbocycles. The number of carbonyl (C=O) groups is 2. The predicted molar refractivity (Wildman–Crippen MR) is 126 cm³/mol. The van der Waals surface area contributed by atoms with Crippen molar-refractivity contribution in [3.8, 4) is 6.07 Å². The number of rotatable bonds is 6. The number of nitriles is 1. The zero-order valence-electron chi connectivity index (χ0n) is 18.7. The van der Waals surface area contributed by atoms with Crippen LogP contribution in [0.4, 0.5) is 11.4 Å². The lowest BCUT2D eigenvalue weighted by Crippen LogP contribution is -2.16. The van der Waals surface area contributed by atoms with Gasteiger partial charge in [0.2, 0.25) is 0 Å². The summed E-state index contributed by atoms with van der Waals surface area (Å²) in [5.74, 6) is -0.823. The number of anilines is 2. The van der Waals surface area contributed by atoms with Gasteiger partial charge in [-0.25, -0.2) is 0 Å². The molecule has 1 unspecified atom stereocenters. The molecule has 2 amide bonds. The fourth-order valence-electron chi connectivity index (χ4n) is 3.36. The van der Waals surface area contributed by atoms with Crippen molar-refractivity contribution in [3.63, 3.8) is 0 Å². The SMILES string of the molecule is CCC(C#N)c1cccc(C(=O)Nc2ccc(C)c(C(=O)Nc3cnc(C)c(C)c3)c2)c1. The second-order valence-corrected chi connectivity index (χ2v) is 7.78. The summed E-state index contributed by atoms with van der Waals surface area (Å²) in [5.41, 5.74) is 5.56. The van der Waals surface area contributed by atoms with Gasteiger partial charge >= 0.3 is 0 Å². The molecule has 162 valence electrons. The van der Waals surface area contributed by atoms with Crippen LogP contribution in [-0.2, 0) is 0 Å². The smallest absolute Gasteiger partial charge is 0.256 e. The van der Waals surface area contributed by atoms with Gasteiger partial charge in [0.05, 0.1) is 23.9 Å². The highest BCUT2D eigenvalue weighted by molar-refractivity contribution is 6.08. The molecule has 0 aliphatic heterocycles. The summed E-state index contributed by atoms with van der Waals surface area (Å²) in [6, 6.07) is 16.4. The number of nitrogens with zero attached hydrogens (tertiary/aromatic N) is 2. The van der Waals surface area contributed by atoms with Gasteiger partial charge in [0.15, 0.2) is 0 Å². The van der Waals surface area contributed by atoms with Crippen LogP contribution in [0.1, 0.15) is 62.4 Å². The molecule has 6 nitrogen and oxygen atoms in total. The minimum absolute atomic E-state index is 0.252. The van der Waals surface area contributed by atoms with Gasteiger partial charge in [0.1, 0.15) is 0 Å². The van der Waals surface area contributed by atoms with Crippen LogP contribution in [0, 0.1) is 32.1 Å². The molecule has 0 saturated heterocycles. The number of aromatic nitrogens is 1. The molecule has 1 aromatic heterocycles. The highest BCUT2D eigenvalue weighted by Crippen LogP contribution is 2.22. The molecule has 1 heterocycles. The molecule has 0 aliphatic carbocycles. The largest absolute Gasteiger partial charge is 0.322 e. The van der Waals surface area contributed by atoms with Gasteiger partial charge in [-0.05, 0) is 74.2 Å². The van der Waals surface area contributed by atoms with Gasteiger partial charge < -0.3 is 10.6 Å². The Kier molecular flexibility index (Phi) is 7.01. The van der Waals surface area contributed by atoms with Gasteiger partial charge in [-0.15, -0.1) is 0 Å². The van der Waals surface area contributed by atoms with Crippen molar-refractivity contribution in [2.24, 2.45) is 0 Å². The summed E-state index contributed by atoms with van der Waals surface area (Å²) in [5, 5.41) is 15.0. The van der Waals surface area contributed by atoms with Crippen molar-refractivity contribution in [1.29, 1.82) is 5.26 Å². The van der Waals surface area contributed by atoms with E-state index in [-0.39, 0.29) is 17.7 Å². The van der Waals surface area contributed by atoms with Crippen molar-refractivity contribution in [2.45, 2.75) is 40.0 Å². The second kappa shape index (κ2) is 9.88. The van der Waals surface area contributed by atoms with Gasteiger partial charge in [0.25, 0.3) is 11.8 Å². The molecule has 0 bridgehead atoms. The molecular formula is C26H26N4O2. The molecule has 6 heteroatoms. The zero-order valence-corrected chi connectivity index (χ0v) is 18.7. The maximum atomic E-state index is 12.8. The van der Waals surface area contributed by atoms with E-state index in [0.29, 0.717) is 28.9 Å². The third-order valence-electron chi connectivity index (χ3n) is 5.45. The molecule has 0 spiro atoms. The van der Waals surface area contributed by atoms with E-state index in [9.17, 15) is 14.9 Å². The minimum Gasteiger partial charge on any atom is -0.322 e. The first-order chi connectivity index (χ1) is 15.3. The third kappa shape index (κ3) is 5.19. The summed E-state index contributed by atoms with van der Waals surface area (Å²) in [6.45, 7) is 7.63.